The summed E-state index contributed by atoms with van der Waals surface area (Å²) in [6, 6.07) is 25.5. The average Bonchev–Trinajstić information content (AvgIpc) is 3.12. The van der Waals surface area contributed by atoms with Crippen LogP contribution >= 0.6 is 0 Å². The molecule has 0 spiro atoms. The number of carbonyl (C=O) groups excluding carboxylic acids is 1. The standard InChI is InChI=1S/C24H21N3O2/c1-29-23-14-8-6-12-21(23)24(28)26-25-15-19-17-27(16-18-9-3-2-4-10-18)22-13-7-5-11-20(19)22/h2-15,17H,16H2,1H3,(H,26,28)/b25-15+. The highest BCUT2D eigenvalue weighted by Crippen LogP contribution is 2.21. The Hall–Kier alpha value is -3.86. The maximum atomic E-state index is 12.4. The second kappa shape index (κ2) is 8.44. The summed E-state index contributed by atoms with van der Waals surface area (Å²) < 4.78 is 7.42. The van der Waals surface area contributed by atoms with Crippen molar-refractivity contribution in [1.29, 1.82) is 0 Å². The smallest absolute Gasteiger partial charge is 0.275 e. The van der Waals surface area contributed by atoms with Crippen molar-refractivity contribution in [3.63, 3.8) is 0 Å². The summed E-state index contributed by atoms with van der Waals surface area (Å²) in [5.74, 6) is 0.200. The topological polar surface area (TPSA) is 55.6 Å². The van der Waals surface area contributed by atoms with Crippen LogP contribution in [0.3, 0.4) is 0 Å². The first kappa shape index (κ1) is 18.5. The van der Waals surface area contributed by atoms with Crippen LogP contribution in [0.25, 0.3) is 10.9 Å². The number of para-hydroxylation sites is 2. The van der Waals surface area contributed by atoms with Crippen LogP contribution in [0.2, 0.25) is 0 Å². The SMILES string of the molecule is COc1ccccc1C(=O)N/N=C/c1cn(Cc2ccccc2)c2ccccc12. The Morgan fingerprint density at radius 1 is 1.00 bits per heavy atom. The number of rotatable bonds is 6. The fourth-order valence-corrected chi connectivity index (χ4v) is 3.34. The lowest BCUT2D eigenvalue weighted by atomic mass is 10.2. The molecule has 144 valence electrons. The maximum absolute atomic E-state index is 12.4. The molecule has 4 aromatic rings. The van der Waals surface area contributed by atoms with Crippen LogP contribution in [0.4, 0.5) is 0 Å². The third kappa shape index (κ3) is 4.04. The molecule has 0 saturated carbocycles. The van der Waals surface area contributed by atoms with E-state index in [1.807, 2.05) is 36.4 Å². The van der Waals surface area contributed by atoms with Gasteiger partial charge >= 0.3 is 0 Å². The Morgan fingerprint density at radius 2 is 1.72 bits per heavy atom. The lowest BCUT2D eigenvalue weighted by Crippen LogP contribution is -2.18. The molecule has 1 heterocycles. The van der Waals surface area contributed by atoms with Crippen molar-refractivity contribution in [1.82, 2.24) is 9.99 Å². The van der Waals surface area contributed by atoms with E-state index in [0.29, 0.717) is 11.3 Å². The molecule has 0 fully saturated rings. The molecule has 0 saturated heterocycles. The molecular weight excluding hydrogens is 362 g/mol. The van der Waals surface area contributed by atoms with Crippen LogP contribution in [0.5, 0.6) is 5.75 Å². The number of methoxy groups -OCH3 is 1. The van der Waals surface area contributed by atoms with Crippen molar-refractivity contribution >= 4 is 23.0 Å². The fourth-order valence-electron chi connectivity index (χ4n) is 3.34. The van der Waals surface area contributed by atoms with Gasteiger partial charge in [-0.1, -0.05) is 60.7 Å². The number of carbonyl (C=O) groups is 1. The van der Waals surface area contributed by atoms with E-state index in [1.54, 1.807) is 24.4 Å². The number of amides is 1. The Balaban J connectivity index is 1.57. The van der Waals surface area contributed by atoms with Crippen LogP contribution in [0, 0.1) is 0 Å². The molecular formula is C24H21N3O2. The number of hydrogen-bond donors (Lipinski definition) is 1. The number of ether oxygens (including phenoxy) is 1. The zero-order valence-corrected chi connectivity index (χ0v) is 16.1. The molecule has 0 unspecified atom stereocenters. The van der Waals surface area contributed by atoms with Gasteiger partial charge in [-0.2, -0.15) is 5.10 Å². The third-order valence-electron chi connectivity index (χ3n) is 4.74. The molecule has 1 amide bonds. The summed E-state index contributed by atoms with van der Waals surface area (Å²) in [6.45, 7) is 0.767. The van der Waals surface area contributed by atoms with E-state index in [2.05, 4.69) is 45.6 Å². The van der Waals surface area contributed by atoms with E-state index in [0.717, 1.165) is 23.0 Å². The summed E-state index contributed by atoms with van der Waals surface area (Å²) in [5, 5.41) is 5.25. The van der Waals surface area contributed by atoms with Crippen LogP contribution in [0.15, 0.2) is 90.2 Å². The molecule has 4 rings (SSSR count). The predicted octanol–water partition coefficient (Wildman–Crippen LogP) is 4.46. The first-order chi connectivity index (χ1) is 14.3. The molecule has 5 heteroatoms. The largest absolute Gasteiger partial charge is 0.496 e. The molecule has 0 aliphatic heterocycles. The lowest BCUT2D eigenvalue weighted by Gasteiger charge is -2.05. The molecule has 0 atom stereocenters. The lowest BCUT2D eigenvalue weighted by molar-refractivity contribution is 0.0952. The third-order valence-corrected chi connectivity index (χ3v) is 4.74. The van der Waals surface area contributed by atoms with E-state index in [9.17, 15) is 4.79 Å². The molecule has 29 heavy (non-hydrogen) atoms. The number of benzene rings is 3. The Bertz CT molecular complexity index is 1160. The summed E-state index contributed by atoms with van der Waals surface area (Å²) in [7, 11) is 1.54. The van der Waals surface area contributed by atoms with Gasteiger partial charge in [-0.25, -0.2) is 5.43 Å². The van der Waals surface area contributed by atoms with E-state index < -0.39 is 0 Å². The van der Waals surface area contributed by atoms with E-state index in [4.69, 9.17) is 4.74 Å². The van der Waals surface area contributed by atoms with Crippen molar-refractivity contribution < 1.29 is 9.53 Å². The van der Waals surface area contributed by atoms with Gasteiger partial charge < -0.3 is 9.30 Å². The van der Waals surface area contributed by atoms with Crippen LogP contribution in [0.1, 0.15) is 21.5 Å². The number of nitrogens with one attached hydrogen (secondary N) is 1. The van der Waals surface area contributed by atoms with Gasteiger partial charge in [0, 0.05) is 29.2 Å². The molecule has 0 aliphatic rings. The first-order valence-corrected chi connectivity index (χ1v) is 9.34. The minimum atomic E-state index is -0.313. The zero-order chi connectivity index (χ0) is 20.1. The van der Waals surface area contributed by atoms with Crippen molar-refractivity contribution in [3.8, 4) is 5.75 Å². The minimum Gasteiger partial charge on any atom is -0.496 e. The van der Waals surface area contributed by atoms with Gasteiger partial charge in [0.05, 0.1) is 18.9 Å². The van der Waals surface area contributed by atoms with E-state index in [1.165, 1.54) is 12.7 Å². The highest BCUT2D eigenvalue weighted by molar-refractivity contribution is 6.01. The number of hydrazone groups is 1. The van der Waals surface area contributed by atoms with Crippen molar-refractivity contribution in [2.24, 2.45) is 5.10 Å². The van der Waals surface area contributed by atoms with Gasteiger partial charge in [0.2, 0.25) is 0 Å². The molecule has 0 radical (unpaired) electrons. The summed E-state index contributed by atoms with van der Waals surface area (Å²) in [4.78, 5) is 12.4. The average molecular weight is 383 g/mol. The van der Waals surface area contributed by atoms with E-state index >= 15 is 0 Å². The number of nitrogens with zero attached hydrogens (tertiary/aromatic N) is 2. The predicted molar refractivity (Wildman–Crippen MR) is 116 cm³/mol. The maximum Gasteiger partial charge on any atom is 0.275 e. The second-order valence-electron chi connectivity index (χ2n) is 6.61. The number of hydrogen-bond acceptors (Lipinski definition) is 3. The number of aromatic nitrogens is 1. The summed E-state index contributed by atoms with van der Waals surface area (Å²) >= 11 is 0. The molecule has 0 bridgehead atoms. The van der Waals surface area contributed by atoms with Gasteiger partial charge in [0.25, 0.3) is 5.91 Å². The Labute approximate surface area is 169 Å². The van der Waals surface area contributed by atoms with Gasteiger partial charge in [0.15, 0.2) is 0 Å². The minimum absolute atomic E-state index is 0.313. The molecule has 5 nitrogen and oxygen atoms in total. The first-order valence-electron chi connectivity index (χ1n) is 9.34. The number of fused-ring (bicyclic) bond motifs is 1. The fraction of sp³-hybridized carbons (Fsp3) is 0.0833. The summed E-state index contributed by atoms with van der Waals surface area (Å²) in [6.07, 6.45) is 3.73. The Kier molecular flexibility index (Phi) is 5.38. The van der Waals surface area contributed by atoms with Crippen molar-refractivity contribution in [2.45, 2.75) is 6.54 Å². The van der Waals surface area contributed by atoms with Gasteiger partial charge in [-0.3, -0.25) is 4.79 Å². The van der Waals surface area contributed by atoms with Crippen molar-refractivity contribution in [2.75, 3.05) is 7.11 Å². The quantitative estimate of drug-likeness (QED) is 0.395. The second-order valence-corrected chi connectivity index (χ2v) is 6.61. The molecule has 3 aromatic carbocycles. The molecule has 1 aromatic heterocycles. The normalized spacial score (nSPS) is 11.1. The van der Waals surface area contributed by atoms with Crippen LogP contribution < -0.4 is 10.2 Å². The molecule has 1 N–H and O–H groups in total. The van der Waals surface area contributed by atoms with Crippen LogP contribution in [-0.4, -0.2) is 23.8 Å². The zero-order valence-electron chi connectivity index (χ0n) is 16.1. The summed E-state index contributed by atoms with van der Waals surface area (Å²) in [5.41, 5.74) is 6.31. The van der Waals surface area contributed by atoms with Gasteiger partial charge in [0.1, 0.15) is 5.75 Å². The van der Waals surface area contributed by atoms with E-state index in [-0.39, 0.29) is 5.91 Å². The Morgan fingerprint density at radius 3 is 2.55 bits per heavy atom. The highest BCUT2D eigenvalue weighted by atomic mass is 16.5. The molecule has 0 aliphatic carbocycles. The van der Waals surface area contributed by atoms with Gasteiger partial charge in [-0.15, -0.1) is 0 Å². The van der Waals surface area contributed by atoms with Crippen LogP contribution in [-0.2, 0) is 6.54 Å². The van der Waals surface area contributed by atoms with Crippen molar-refractivity contribution in [3.05, 3.63) is 102 Å². The van der Waals surface area contributed by atoms with Gasteiger partial charge in [-0.05, 0) is 23.8 Å². The highest BCUT2D eigenvalue weighted by Gasteiger charge is 2.11. The monoisotopic (exact) mass is 383 g/mol.